The lowest BCUT2D eigenvalue weighted by Crippen LogP contribution is -2.49. The second-order valence-corrected chi connectivity index (χ2v) is 5.38. The molecule has 8 heteroatoms. The summed E-state index contributed by atoms with van der Waals surface area (Å²) in [6, 6.07) is -2.08. The molecular weight excluding hydrogens is 290 g/mol. The quantitative estimate of drug-likeness (QED) is 0.483. The monoisotopic (exact) mass is 307 g/mol. The normalized spacial score (nSPS) is 27.8. The van der Waals surface area contributed by atoms with Gasteiger partial charge in [0, 0.05) is 0 Å². The highest BCUT2D eigenvalue weighted by molar-refractivity contribution is 5.98. The molecule has 0 aromatic carbocycles. The van der Waals surface area contributed by atoms with Gasteiger partial charge in [0.2, 0.25) is 11.8 Å². The molecule has 2 amide bonds. The van der Waals surface area contributed by atoms with E-state index in [1.165, 1.54) is 0 Å². The summed E-state index contributed by atoms with van der Waals surface area (Å²) in [5, 5.41) is 11.2. The number of hydrogen-bond donors (Lipinski definition) is 4. The maximum absolute atomic E-state index is 12.3. The number of ketones is 1. The van der Waals surface area contributed by atoms with Gasteiger partial charge >= 0.3 is 5.97 Å². The molecule has 0 heterocycles. The predicted octanol–water partition coefficient (Wildman–Crippen LogP) is -1.54. The molecule has 0 unspecified atom stereocenters. The molecule has 118 valence electrons. The number of allylic oxidation sites excluding steroid dienone is 2. The summed E-state index contributed by atoms with van der Waals surface area (Å²) >= 11 is 0. The molecule has 0 saturated heterocycles. The van der Waals surface area contributed by atoms with E-state index in [2.05, 4.69) is 5.32 Å². The van der Waals surface area contributed by atoms with Crippen LogP contribution in [0.2, 0.25) is 0 Å². The van der Waals surface area contributed by atoms with Crippen molar-refractivity contribution >= 4 is 23.6 Å². The van der Waals surface area contributed by atoms with Crippen LogP contribution < -0.4 is 16.8 Å². The van der Waals surface area contributed by atoms with E-state index < -0.39 is 48.1 Å². The molecule has 2 aliphatic carbocycles. The maximum Gasteiger partial charge on any atom is 0.326 e. The van der Waals surface area contributed by atoms with Crippen molar-refractivity contribution in [3.05, 3.63) is 23.8 Å². The van der Waals surface area contributed by atoms with Gasteiger partial charge in [0.05, 0.1) is 24.3 Å². The minimum Gasteiger partial charge on any atom is -0.480 e. The summed E-state index contributed by atoms with van der Waals surface area (Å²) in [6.07, 6.45) is 4.92. The molecule has 0 radical (unpaired) electrons. The van der Waals surface area contributed by atoms with Crippen molar-refractivity contribution in [3.63, 3.8) is 0 Å². The zero-order valence-electron chi connectivity index (χ0n) is 11.7. The van der Waals surface area contributed by atoms with Crippen molar-refractivity contribution in [1.82, 2.24) is 5.32 Å². The first-order valence-electron chi connectivity index (χ1n) is 6.80. The number of hydrogen-bond acceptors (Lipinski definition) is 5. The van der Waals surface area contributed by atoms with Crippen LogP contribution in [0.1, 0.15) is 12.8 Å². The van der Waals surface area contributed by atoms with Crippen LogP contribution in [0.25, 0.3) is 0 Å². The van der Waals surface area contributed by atoms with Crippen molar-refractivity contribution in [3.8, 4) is 0 Å². The number of carboxylic acid groups (broad SMARTS) is 1. The third-order valence-electron chi connectivity index (χ3n) is 3.82. The number of aliphatic carboxylic acids is 1. The number of Topliss-reactive ketones (excluding diaryl/α,β-unsaturated/α-hetero) is 1. The smallest absolute Gasteiger partial charge is 0.326 e. The highest BCUT2D eigenvalue weighted by Gasteiger charge is 2.42. The highest BCUT2D eigenvalue weighted by atomic mass is 16.4. The van der Waals surface area contributed by atoms with Crippen molar-refractivity contribution in [2.24, 2.45) is 23.3 Å². The number of nitrogens with one attached hydrogen (secondary N) is 1. The first kappa shape index (κ1) is 15.9. The highest BCUT2D eigenvalue weighted by Crippen LogP contribution is 2.35. The average molecular weight is 307 g/mol. The van der Waals surface area contributed by atoms with Gasteiger partial charge in [0.25, 0.3) is 0 Å². The Morgan fingerprint density at radius 1 is 1.41 bits per heavy atom. The third kappa shape index (κ3) is 3.06. The second-order valence-electron chi connectivity index (χ2n) is 5.38. The van der Waals surface area contributed by atoms with Crippen LogP contribution in [-0.2, 0) is 19.2 Å². The average Bonchev–Trinajstić information content (AvgIpc) is 2.86. The first-order chi connectivity index (χ1) is 10.3. The van der Waals surface area contributed by atoms with E-state index >= 15 is 0 Å². The number of primary amides is 1. The lowest BCUT2D eigenvalue weighted by atomic mass is 9.80. The molecule has 0 aromatic rings. The van der Waals surface area contributed by atoms with Crippen LogP contribution in [0.5, 0.6) is 0 Å². The summed E-state index contributed by atoms with van der Waals surface area (Å²) in [7, 11) is 0. The van der Waals surface area contributed by atoms with Gasteiger partial charge in [0.1, 0.15) is 6.04 Å². The number of amides is 2. The fourth-order valence-electron chi connectivity index (χ4n) is 2.69. The number of nitrogens with two attached hydrogens (primary N) is 2. The molecule has 4 atom stereocenters. The van der Waals surface area contributed by atoms with Gasteiger partial charge in [-0.05, 0) is 12.0 Å². The topological polar surface area (TPSA) is 153 Å². The number of rotatable bonds is 5. The fourth-order valence-corrected chi connectivity index (χ4v) is 2.69. The lowest BCUT2D eigenvalue weighted by molar-refractivity contribution is -0.144. The Morgan fingerprint density at radius 3 is 2.68 bits per heavy atom. The van der Waals surface area contributed by atoms with E-state index in [4.69, 9.17) is 16.6 Å². The summed E-state index contributed by atoms with van der Waals surface area (Å²) in [4.78, 5) is 46.3. The maximum atomic E-state index is 12.3. The molecule has 6 N–H and O–H groups in total. The Bertz CT molecular complexity index is 595. The van der Waals surface area contributed by atoms with Crippen LogP contribution in [0.15, 0.2) is 23.8 Å². The van der Waals surface area contributed by atoms with Crippen molar-refractivity contribution < 1.29 is 24.3 Å². The first-order valence-corrected chi connectivity index (χ1v) is 6.80. The van der Waals surface area contributed by atoms with Gasteiger partial charge in [-0.25, -0.2) is 4.79 Å². The van der Waals surface area contributed by atoms with Crippen LogP contribution in [0, 0.1) is 11.8 Å². The Kier molecular flexibility index (Phi) is 4.41. The van der Waals surface area contributed by atoms with Crippen LogP contribution in [0.3, 0.4) is 0 Å². The fraction of sp³-hybridized carbons (Fsp3) is 0.429. The van der Waals surface area contributed by atoms with Crippen LogP contribution >= 0.6 is 0 Å². The van der Waals surface area contributed by atoms with E-state index in [9.17, 15) is 19.2 Å². The minimum absolute atomic E-state index is 0.246. The predicted molar refractivity (Wildman–Crippen MR) is 75.2 cm³/mol. The number of carboxylic acids is 1. The largest absolute Gasteiger partial charge is 0.480 e. The molecule has 0 aliphatic heterocycles. The van der Waals surface area contributed by atoms with E-state index in [0.717, 1.165) is 0 Å². The molecule has 8 nitrogen and oxygen atoms in total. The van der Waals surface area contributed by atoms with Gasteiger partial charge in [-0.2, -0.15) is 0 Å². The van der Waals surface area contributed by atoms with Crippen LogP contribution in [0.4, 0.5) is 0 Å². The standard InChI is InChI=1S/C14H17N3O5/c15-8-4-2-6-1-3-7(11(6)12(8)19)13(20)17-9(14(21)22)5-10(16)18/h1-3,7-9,11H,4-5,15H2,(H2,16,18)(H,17,20)(H,21,22)/t7-,8-,9-,11-/m0/s1. The van der Waals surface area contributed by atoms with E-state index in [1.54, 1.807) is 18.2 Å². The summed E-state index contributed by atoms with van der Waals surface area (Å²) < 4.78 is 0. The van der Waals surface area contributed by atoms with Crippen molar-refractivity contribution in [2.75, 3.05) is 0 Å². The molecule has 2 rings (SSSR count). The van der Waals surface area contributed by atoms with E-state index in [-0.39, 0.29) is 5.78 Å². The summed E-state index contributed by atoms with van der Waals surface area (Å²) in [5.41, 5.74) is 11.4. The van der Waals surface area contributed by atoms with Gasteiger partial charge in [0.15, 0.2) is 5.78 Å². The van der Waals surface area contributed by atoms with Gasteiger partial charge in [-0.3, -0.25) is 14.4 Å². The van der Waals surface area contributed by atoms with E-state index in [0.29, 0.717) is 12.0 Å². The van der Waals surface area contributed by atoms with Gasteiger partial charge < -0.3 is 21.9 Å². The van der Waals surface area contributed by atoms with Crippen molar-refractivity contribution in [1.29, 1.82) is 0 Å². The summed E-state index contributed by atoms with van der Waals surface area (Å²) in [6.45, 7) is 0. The van der Waals surface area contributed by atoms with Crippen LogP contribution in [-0.4, -0.2) is 40.8 Å². The van der Waals surface area contributed by atoms with Gasteiger partial charge in [-0.1, -0.05) is 18.2 Å². The number of carbonyl (C=O) groups is 4. The molecular formula is C14H17N3O5. The zero-order valence-corrected chi connectivity index (χ0v) is 11.7. The molecule has 0 bridgehead atoms. The van der Waals surface area contributed by atoms with Gasteiger partial charge in [-0.15, -0.1) is 0 Å². The number of fused-ring (bicyclic) bond motifs is 1. The molecule has 0 saturated carbocycles. The number of carbonyl (C=O) groups excluding carboxylic acids is 3. The molecule has 0 spiro atoms. The molecule has 0 aromatic heterocycles. The van der Waals surface area contributed by atoms with Crippen molar-refractivity contribution in [2.45, 2.75) is 24.9 Å². The Labute approximate surface area is 126 Å². The zero-order chi connectivity index (χ0) is 16.4. The summed E-state index contributed by atoms with van der Waals surface area (Å²) in [5.74, 6) is -4.60. The molecule has 0 fully saturated rings. The SMILES string of the molecule is NC(=O)C[C@H](NC(=O)[C@H]1C=CC2=CC[C@H](N)C(=O)[C@@H]21)C(=O)O. The minimum atomic E-state index is -1.42. The molecule has 22 heavy (non-hydrogen) atoms. The second kappa shape index (κ2) is 6.10. The lowest BCUT2D eigenvalue weighted by Gasteiger charge is -2.26. The molecule has 2 aliphatic rings. The Balaban J connectivity index is 2.12. The third-order valence-corrected chi connectivity index (χ3v) is 3.82. The Morgan fingerprint density at radius 2 is 2.09 bits per heavy atom. The Hall–Kier alpha value is -2.48. The van der Waals surface area contributed by atoms with E-state index in [1.807, 2.05) is 0 Å².